The molecule has 3 rings (SSSR count). The van der Waals surface area contributed by atoms with Crippen LogP contribution in [0.15, 0.2) is 65.6 Å². The Labute approximate surface area is 161 Å². The summed E-state index contributed by atoms with van der Waals surface area (Å²) in [6.45, 7) is 1.74. The van der Waals surface area contributed by atoms with Crippen LogP contribution in [0.5, 0.6) is 0 Å². The van der Waals surface area contributed by atoms with E-state index in [1.54, 1.807) is 49.3 Å². The van der Waals surface area contributed by atoms with Crippen molar-refractivity contribution in [3.63, 3.8) is 0 Å². The number of piperazine rings is 1. The zero-order valence-corrected chi connectivity index (χ0v) is 16.5. The minimum atomic E-state index is -3.50. The molecule has 1 amide bonds. The van der Waals surface area contributed by atoms with Crippen molar-refractivity contribution >= 4 is 15.9 Å². The summed E-state index contributed by atoms with van der Waals surface area (Å²) in [6.07, 6.45) is 0. The molecule has 7 heteroatoms. The fourth-order valence-electron chi connectivity index (χ4n) is 3.33. The molecule has 1 atom stereocenters. The van der Waals surface area contributed by atoms with Crippen LogP contribution in [0.3, 0.4) is 0 Å². The second-order valence-electron chi connectivity index (χ2n) is 6.80. The van der Waals surface area contributed by atoms with Gasteiger partial charge in [0, 0.05) is 40.3 Å². The van der Waals surface area contributed by atoms with Crippen molar-refractivity contribution in [2.45, 2.75) is 10.9 Å². The minimum absolute atomic E-state index is 0.000525. The van der Waals surface area contributed by atoms with Crippen molar-refractivity contribution in [2.75, 3.05) is 40.3 Å². The lowest BCUT2D eigenvalue weighted by Crippen LogP contribution is -2.52. The van der Waals surface area contributed by atoms with Crippen molar-refractivity contribution in [1.29, 1.82) is 0 Å². The predicted molar refractivity (Wildman–Crippen MR) is 105 cm³/mol. The molecule has 0 spiro atoms. The summed E-state index contributed by atoms with van der Waals surface area (Å²) in [5, 5.41) is 0. The van der Waals surface area contributed by atoms with Crippen molar-refractivity contribution in [3.05, 3.63) is 66.2 Å². The first kappa shape index (κ1) is 19.5. The third kappa shape index (κ3) is 4.21. The Balaban J connectivity index is 1.77. The molecule has 144 valence electrons. The number of rotatable bonds is 5. The molecule has 0 bridgehead atoms. The van der Waals surface area contributed by atoms with Crippen molar-refractivity contribution in [3.8, 4) is 0 Å². The SMILES string of the molecule is CN(C)C(=O)[C@@H](c1ccccc1)N1CCN(S(=O)(=O)c2ccccc2)CC1. The molecule has 0 aromatic heterocycles. The van der Waals surface area contributed by atoms with Gasteiger partial charge in [-0.3, -0.25) is 9.69 Å². The van der Waals surface area contributed by atoms with E-state index in [4.69, 9.17) is 0 Å². The Morgan fingerprint density at radius 1 is 0.889 bits per heavy atom. The highest BCUT2D eigenvalue weighted by atomic mass is 32.2. The zero-order valence-electron chi connectivity index (χ0n) is 15.7. The normalized spacial score (nSPS) is 17.4. The van der Waals surface area contributed by atoms with Gasteiger partial charge in [-0.2, -0.15) is 4.31 Å². The van der Waals surface area contributed by atoms with E-state index in [9.17, 15) is 13.2 Å². The van der Waals surface area contributed by atoms with Gasteiger partial charge >= 0.3 is 0 Å². The van der Waals surface area contributed by atoms with Crippen molar-refractivity contribution < 1.29 is 13.2 Å². The smallest absolute Gasteiger partial charge is 0.244 e. The molecule has 0 N–H and O–H groups in total. The maximum Gasteiger partial charge on any atom is 0.244 e. The van der Waals surface area contributed by atoms with Crippen molar-refractivity contribution in [1.82, 2.24) is 14.1 Å². The molecule has 1 saturated heterocycles. The molecule has 6 nitrogen and oxygen atoms in total. The molecule has 1 fully saturated rings. The van der Waals surface area contributed by atoms with Crippen molar-refractivity contribution in [2.24, 2.45) is 0 Å². The number of benzene rings is 2. The molecule has 2 aromatic rings. The van der Waals surface area contributed by atoms with Gasteiger partial charge in [-0.25, -0.2) is 8.42 Å². The van der Waals surface area contributed by atoms with Gasteiger partial charge in [0.25, 0.3) is 0 Å². The van der Waals surface area contributed by atoms with E-state index in [1.807, 2.05) is 30.3 Å². The number of sulfonamides is 1. The predicted octanol–water partition coefficient (Wildman–Crippen LogP) is 1.82. The standard InChI is InChI=1S/C20H25N3O3S/c1-21(2)20(24)19(17-9-5-3-6-10-17)22-13-15-23(16-14-22)27(25,26)18-11-7-4-8-12-18/h3-12,19H,13-16H2,1-2H3/t19-/m1/s1. The molecule has 0 unspecified atom stereocenters. The highest BCUT2D eigenvalue weighted by Crippen LogP contribution is 2.26. The van der Waals surface area contributed by atoms with Gasteiger partial charge in [-0.1, -0.05) is 48.5 Å². The van der Waals surface area contributed by atoms with Crippen LogP contribution in [-0.2, 0) is 14.8 Å². The third-order valence-corrected chi connectivity index (χ3v) is 6.72. The lowest BCUT2D eigenvalue weighted by Gasteiger charge is -2.39. The lowest BCUT2D eigenvalue weighted by atomic mass is 10.0. The van der Waals surface area contributed by atoms with E-state index in [-0.39, 0.29) is 5.91 Å². The molecule has 0 aliphatic carbocycles. The van der Waals surface area contributed by atoms with E-state index in [0.29, 0.717) is 31.1 Å². The fraction of sp³-hybridized carbons (Fsp3) is 0.350. The first-order valence-corrected chi connectivity index (χ1v) is 10.4. The van der Waals surface area contributed by atoms with E-state index in [0.717, 1.165) is 5.56 Å². The van der Waals surface area contributed by atoms with Gasteiger partial charge in [0.05, 0.1) is 4.90 Å². The summed E-state index contributed by atoms with van der Waals surface area (Å²) in [5.74, 6) is 0.000525. The number of hydrogen-bond donors (Lipinski definition) is 0. The summed E-state index contributed by atoms with van der Waals surface area (Å²) in [4.78, 5) is 16.8. The molecular weight excluding hydrogens is 362 g/mol. The van der Waals surface area contributed by atoms with Gasteiger partial charge in [-0.05, 0) is 17.7 Å². The summed E-state index contributed by atoms with van der Waals surface area (Å²) in [7, 11) is -0.0122. The van der Waals surface area contributed by atoms with Gasteiger partial charge < -0.3 is 4.90 Å². The largest absolute Gasteiger partial charge is 0.347 e. The Kier molecular flexibility index (Phi) is 5.94. The first-order chi connectivity index (χ1) is 12.9. The van der Waals surface area contributed by atoms with E-state index >= 15 is 0 Å². The summed E-state index contributed by atoms with van der Waals surface area (Å²) >= 11 is 0. The summed E-state index contributed by atoms with van der Waals surface area (Å²) < 4.78 is 27.1. The second-order valence-corrected chi connectivity index (χ2v) is 8.74. The lowest BCUT2D eigenvalue weighted by molar-refractivity contribution is -0.135. The zero-order chi connectivity index (χ0) is 19.4. The highest BCUT2D eigenvalue weighted by Gasteiger charge is 2.34. The van der Waals surface area contributed by atoms with Crippen LogP contribution in [0, 0.1) is 0 Å². The molecular formula is C20H25N3O3S. The number of amides is 1. The van der Waals surface area contributed by atoms with Crippen LogP contribution in [0.4, 0.5) is 0 Å². The summed E-state index contributed by atoms with van der Waals surface area (Å²) in [5.41, 5.74) is 0.926. The number of carbonyl (C=O) groups excluding carboxylic acids is 1. The van der Waals surface area contributed by atoms with Crippen LogP contribution in [0.2, 0.25) is 0 Å². The maximum absolute atomic E-state index is 12.8. The summed E-state index contributed by atoms with van der Waals surface area (Å²) in [6, 6.07) is 17.7. The number of nitrogens with zero attached hydrogens (tertiary/aromatic N) is 3. The Morgan fingerprint density at radius 2 is 1.41 bits per heavy atom. The quantitative estimate of drug-likeness (QED) is 0.785. The van der Waals surface area contributed by atoms with Gasteiger partial charge in [0.15, 0.2) is 0 Å². The van der Waals surface area contributed by atoms with Gasteiger partial charge in [0.2, 0.25) is 15.9 Å². The average molecular weight is 388 g/mol. The van der Waals surface area contributed by atoms with Crippen LogP contribution < -0.4 is 0 Å². The van der Waals surface area contributed by atoms with E-state index < -0.39 is 16.1 Å². The number of likely N-dealkylation sites (N-methyl/N-ethyl adjacent to an activating group) is 1. The number of hydrogen-bond acceptors (Lipinski definition) is 4. The molecule has 0 radical (unpaired) electrons. The van der Waals surface area contributed by atoms with Crippen LogP contribution >= 0.6 is 0 Å². The fourth-order valence-corrected chi connectivity index (χ4v) is 4.78. The van der Waals surface area contributed by atoms with Gasteiger partial charge in [0.1, 0.15) is 6.04 Å². The van der Waals surface area contributed by atoms with Crippen LogP contribution in [0.1, 0.15) is 11.6 Å². The maximum atomic E-state index is 12.8. The van der Waals surface area contributed by atoms with E-state index in [2.05, 4.69) is 4.90 Å². The van der Waals surface area contributed by atoms with Crippen LogP contribution in [-0.4, -0.2) is 68.7 Å². The molecule has 1 aliphatic rings. The Bertz CT molecular complexity index is 862. The molecule has 27 heavy (non-hydrogen) atoms. The number of carbonyl (C=O) groups is 1. The Morgan fingerprint density at radius 3 is 1.93 bits per heavy atom. The van der Waals surface area contributed by atoms with Crippen LogP contribution in [0.25, 0.3) is 0 Å². The Hall–Kier alpha value is -2.22. The topological polar surface area (TPSA) is 60.9 Å². The van der Waals surface area contributed by atoms with E-state index in [1.165, 1.54) is 4.31 Å². The minimum Gasteiger partial charge on any atom is -0.347 e. The third-order valence-electron chi connectivity index (χ3n) is 4.81. The second kappa shape index (κ2) is 8.21. The monoisotopic (exact) mass is 387 g/mol. The van der Waals surface area contributed by atoms with Gasteiger partial charge in [-0.15, -0.1) is 0 Å². The highest BCUT2D eigenvalue weighted by molar-refractivity contribution is 7.89. The molecule has 2 aromatic carbocycles. The average Bonchev–Trinajstić information content (AvgIpc) is 2.70. The molecule has 0 saturated carbocycles. The first-order valence-electron chi connectivity index (χ1n) is 8.96. The molecule has 1 heterocycles. The molecule has 1 aliphatic heterocycles.